The van der Waals surface area contributed by atoms with Crippen LogP contribution in [0.15, 0.2) is 47.4 Å². The van der Waals surface area contributed by atoms with Crippen LogP contribution < -0.4 is 4.74 Å². The van der Waals surface area contributed by atoms with E-state index in [1.54, 1.807) is 37.3 Å². The lowest BCUT2D eigenvalue weighted by Crippen LogP contribution is -2.49. The number of hydrogen-bond acceptors (Lipinski definition) is 5. The van der Waals surface area contributed by atoms with Gasteiger partial charge in [-0.2, -0.15) is 4.31 Å². The number of rotatable bonds is 7. The molecule has 0 aliphatic carbocycles. The van der Waals surface area contributed by atoms with E-state index in [-0.39, 0.29) is 41.6 Å². The summed E-state index contributed by atoms with van der Waals surface area (Å²) in [6, 6.07) is 10.8. The minimum Gasteiger partial charge on any atom is -0.487 e. The number of sulfonamides is 1. The van der Waals surface area contributed by atoms with Gasteiger partial charge in [0.2, 0.25) is 10.0 Å². The summed E-state index contributed by atoms with van der Waals surface area (Å²) in [6.45, 7) is 8.91. The molecule has 2 aromatic carbocycles. The molecule has 0 aromatic heterocycles. The maximum atomic E-state index is 13.6. The molecule has 0 saturated heterocycles. The van der Waals surface area contributed by atoms with Gasteiger partial charge >= 0.3 is 0 Å². The Kier molecular flexibility index (Phi) is 9.53. The first-order chi connectivity index (χ1) is 17.0. The maximum absolute atomic E-state index is 13.6. The van der Waals surface area contributed by atoms with Crippen molar-refractivity contribution < 1.29 is 22.7 Å². The number of nitrogens with zero attached hydrogens (tertiary/aromatic N) is 2. The van der Waals surface area contributed by atoms with Gasteiger partial charge in [-0.25, -0.2) is 12.8 Å². The summed E-state index contributed by atoms with van der Waals surface area (Å²) in [5.41, 5.74) is 1.66. The molecule has 8 heteroatoms. The fourth-order valence-corrected chi connectivity index (χ4v) is 5.98. The molecule has 2 aromatic rings. The topological polar surface area (TPSA) is 70.1 Å². The second kappa shape index (κ2) is 12.2. The van der Waals surface area contributed by atoms with E-state index in [0.717, 1.165) is 12.0 Å². The number of fused-ring (bicyclic) bond motifs is 1. The molecule has 0 bridgehead atoms. The van der Waals surface area contributed by atoms with E-state index in [1.165, 1.54) is 16.4 Å². The minimum atomic E-state index is -3.89. The third kappa shape index (κ3) is 7.07. The van der Waals surface area contributed by atoms with Gasteiger partial charge in [0, 0.05) is 43.6 Å². The molecule has 1 heterocycles. The monoisotopic (exact) mass is 516 g/mol. The molecule has 0 fully saturated rings. The Morgan fingerprint density at radius 2 is 1.89 bits per heavy atom. The highest BCUT2D eigenvalue weighted by Gasteiger charge is 2.38. The Hall–Kier alpha value is -2.44. The van der Waals surface area contributed by atoms with Gasteiger partial charge in [0.25, 0.3) is 0 Å². The van der Waals surface area contributed by atoms with E-state index in [0.29, 0.717) is 24.6 Å². The second-order valence-electron chi connectivity index (χ2n) is 10.1. The zero-order chi connectivity index (χ0) is 26.5. The van der Waals surface area contributed by atoms with Crippen LogP contribution in [-0.2, 0) is 16.6 Å². The Bertz CT molecular complexity index is 1190. The third-order valence-electron chi connectivity index (χ3n) is 6.27. The van der Waals surface area contributed by atoms with Crippen molar-refractivity contribution in [3.05, 3.63) is 59.4 Å². The number of halogens is 1. The van der Waals surface area contributed by atoms with Crippen LogP contribution >= 0.6 is 0 Å². The Morgan fingerprint density at radius 3 is 2.53 bits per heavy atom. The number of benzene rings is 2. The molecule has 3 atom stereocenters. The number of aliphatic hydroxyl groups is 1. The standard InChI is InChI=1S/C28H37FN2O4S/c1-20(2)7-6-8-23-11-14-28-26(15-23)35-27(18-30(5)17-24-9-12-25(29)13-10-24)21(3)16-31(22(4)19-32)36(28,33)34/h9-15,20-22,27,32H,7,16-19H2,1-5H3/t21-,22+,27+/m1/s1. The average molecular weight is 517 g/mol. The molecule has 0 unspecified atom stereocenters. The summed E-state index contributed by atoms with van der Waals surface area (Å²) in [7, 11) is -1.93. The molecular weight excluding hydrogens is 479 g/mol. The van der Waals surface area contributed by atoms with E-state index in [1.807, 2.05) is 14.0 Å². The van der Waals surface area contributed by atoms with E-state index < -0.39 is 16.1 Å². The number of likely N-dealkylation sites (N-methyl/N-ethyl adjacent to an activating group) is 1. The number of hydrogen-bond donors (Lipinski definition) is 1. The fraction of sp³-hybridized carbons (Fsp3) is 0.500. The molecule has 6 nitrogen and oxygen atoms in total. The highest BCUT2D eigenvalue weighted by Crippen LogP contribution is 2.34. The first-order valence-electron chi connectivity index (χ1n) is 12.4. The highest BCUT2D eigenvalue weighted by molar-refractivity contribution is 7.89. The van der Waals surface area contributed by atoms with Gasteiger partial charge < -0.3 is 9.84 Å². The van der Waals surface area contributed by atoms with Crippen molar-refractivity contribution >= 4 is 10.0 Å². The normalized spacial score (nSPS) is 20.6. The summed E-state index contributed by atoms with van der Waals surface area (Å²) in [5, 5.41) is 9.81. The van der Waals surface area contributed by atoms with Crippen LogP contribution in [0.3, 0.4) is 0 Å². The van der Waals surface area contributed by atoms with Crippen molar-refractivity contribution in [3.63, 3.8) is 0 Å². The van der Waals surface area contributed by atoms with Crippen LogP contribution in [0.25, 0.3) is 0 Å². The zero-order valence-corrected chi connectivity index (χ0v) is 22.6. The maximum Gasteiger partial charge on any atom is 0.247 e. The predicted molar refractivity (Wildman–Crippen MR) is 140 cm³/mol. The van der Waals surface area contributed by atoms with Crippen molar-refractivity contribution in [2.75, 3.05) is 26.7 Å². The molecular formula is C28H37FN2O4S. The zero-order valence-electron chi connectivity index (χ0n) is 21.7. The molecule has 0 radical (unpaired) electrons. The largest absolute Gasteiger partial charge is 0.487 e. The molecule has 0 amide bonds. The van der Waals surface area contributed by atoms with Gasteiger partial charge in [0.1, 0.15) is 22.6 Å². The van der Waals surface area contributed by atoms with Crippen LogP contribution in [0.1, 0.15) is 45.2 Å². The highest BCUT2D eigenvalue weighted by atomic mass is 32.2. The molecule has 3 rings (SSSR count). The van der Waals surface area contributed by atoms with Gasteiger partial charge in [-0.05, 0) is 55.8 Å². The molecule has 1 aliphatic heterocycles. The summed E-state index contributed by atoms with van der Waals surface area (Å²) >= 11 is 0. The molecule has 1 N–H and O–H groups in total. The summed E-state index contributed by atoms with van der Waals surface area (Å²) < 4.78 is 48.3. The van der Waals surface area contributed by atoms with E-state index in [4.69, 9.17) is 4.74 Å². The SMILES string of the molecule is CC(C)CC#Cc1ccc2c(c1)O[C@@H](CN(C)Cc1ccc(F)cc1)[C@H](C)CN([C@@H](C)CO)S2(=O)=O. The average Bonchev–Trinajstić information content (AvgIpc) is 2.82. The van der Waals surface area contributed by atoms with E-state index in [2.05, 4.69) is 30.6 Å². The quantitative estimate of drug-likeness (QED) is 0.561. The lowest BCUT2D eigenvalue weighted by Gasteiger charge is -2.37. The van der Waals surface area contributed by atoms with Crippen molar-refractivity contribution in [1.29, 1.82) is 0 Å². The van der Waals surface area contributed by atoms with Crippen molar-refractivity contribution in [2.24, 2.45) is 11.8 Å². The van der Waals surface area contributed by atoms with Gasteiger partial charge in [-0.15, -0.1) is 0 Å². The van der Waals surface area contributed by atoms with Crippen LogP contribution in [0.2, 0.25) is 0 Å². The van der Waals surface area contributed by atoms with Crippen molar-refractivity contribution in [3.8, 4) is 17.6 Å². The lowest BCUT2D eigenvalue weighted by atomic mass is 10.0. The summed E-state index contributed by atoms with van der Waals surface area (Å²) in [5.74, 6) is 6.54. The second-order valence-corrected chi connectivity index (χ2v) is 12.0. The first kappa shape index (κ1) is 28.1. The molecule has 36 heavy (non-hydrogen) atoms. The smallest absolute Gasteiger partial charge is 0.247 e. The van der Waals surface area contributed by atoms with Crippen molar-refractivity contribution in [1.82, 2.24) is 9.21 Å². The van der Waals surface area contributed by atoms with Crippen LogP contribution in [-0.4, -0.2) is 61.6 Å². The van der Waals surface area contributed by atoms with Gasteiger partial charge in [-0.3, -0.25) is 4.90 Å². The molecule has 0 spiro atoms. The molecule has 1 aliphatic rings. The van der Waals surface area contributed by atoms with Crippen LogP contribution in [0.4, 0.5) is 4.39 Å². The van der Waals surface area contributed by atoms with Gasteiger partial charge in [0.05, 0.1) is 6.61 Å². The Labute approximate surface area is 215 Å². The number of ether oxygens (including phenoxy) is 1. The van der Waals surface area contributed by atoms with Gasteiger partial charge in [-0.1, -0.05) is 44.7 Å². The van der Waals surface area contributed by atoms with E-state index in [9.17, 15) is 17.9 Å². The molecule has 0 saturated carbocycles. The van der Waals surface area contributed by atoms with Gasteiger partial charge in [0.15, 0.2) is 0 Å². The summed E-state index contributed by atoms with van der Waals surface area (Å²) in [6.07, 6.45) is 0.420. The lowest BCUT2D eigenvalue weighted by molar-refractivity contribution is 0.0733. The minimum absolute atomic E-state index is 0.0790. The third-order valence-corrected chi connectivity index (χ3v) is 8.29. The summed E-state index contributed by atoms with van der Waals surface area (Å²) in [4.78, 5) is 2.16. The predicted octanol–water partition coefficient (Wildman–Crippen LogP) is 4.12. The Balaban J connectivity index is 1.95. The molecule has 196 valence electrons. The van der Waals surface area contributed by atoms with Crippen LogP contribution in [0.5, 0.6) is 5.75 Å². The fourth-order valence-electron chi connectivity index (χ4n) is 4.15. The first-order valence-corrected chi connectivity index (χ1v) is 13.8. The Morgan fingerprint density at radius 1 is 1.19 bits per heavy atom. The van der Waals surface area contributed by atoms with Crippen LogP contribution in [0, 0.1) is 29.5 Å². The van der Waals surface area contributed by atoms with Crippen molar-refractivity contribution in [2.45, 2.75) is 57.7 Å². The van der Waals surface area contributed by atoms with E-state index >= 15 is 0 Å². The number of aliphatic hydroxyl groups excluding tert-OH is 1.